The van der Waals surface area contributed by atoms with Crippen molar-refractivity contribution in [1.82, 2.24) is 5.32 Å². The molecule has 0 saturated carbocycles. The van der Waals surface area contributed by atoms with E-state index >= 15 is 0 Å². The third kappa shape index (κ3) is 43.4. The minimum absolute atomic E-state index is 0.134. The average molecular weight is 1050 g/mol. The molecule has 0 spiro atoms. The van der Waals surface area contributed by atoms with E-state index in [2.05, 4.69) is 55.6 Å². The molecule has 7 atom stereocenters. The Hall–Kier alpha value is -1.59. The second-order valence-electron chi connectivity index (χ2n) is 22.6. The van der Waals surface area contributed by atoms with Gasteiger partial charge in [0, 0.05) is 6.42 Å². The van der Waals surface area contributed by atoms with Crippen molar-refractivity contribution in [2.75, 3.05) is 13.2 Å². The molecular formula is C65H123NO8. The van der Waals surface area contributed by atoms with Crippen LogP contribution < -0.4 is 5.32 Å². The highest BCUT2D eigenvalue weighted by molar-refractivity contribution is 5.76. The Morgan fingerprint density at radius 2 is 0.797 bits per heavy atom. The van der Waals surface area contributed by atoms with Crippen molar-refractivity contribution >= 4 is 5.91 Å². The van der Waals surface area contributed by atoms with Gasteiger partial charge in [0.1, 0.15) is 24.4 Å². The summed E-state index contributed by atoms with van der Waals surface area (Å²) in [5, 5.41) is 54.7. The number of rotatable bonds is 56. The van der Waals surface area contributed by atoms with Gasteiger partial charge in [-0.25, -0.2) is 0 Å². The number of aliphatic hydroxyl groups is 5. The lowest BCUT2D eigenvalue weighted by atomic mass is 9.99. The molecule has 1 rings (SSSR count). The number of nitrogens with one attached hydrogen (secondary N) is 1. The predicted octanol–water partition coefficient (Wildman–Crippen LogP) is 16.7. The molecule has 0 radical (unpaired) electrons. The summed E-state index contributed by atoms with van der Waals surface area (Å²) in [6.45, 7) is 3.86. The first-order valence-corrected chi connectivity index (χ1v) is 32.2. The summed E-state index contributed by atoms with van der Waals surface area (Å²) in [4.78, 5) is 13.1. The zero-order valence-corrected chi connectivity index (χ0v) is 48.6. The number of amides is 1. The Balaban J connectivity index is 2.08. The molecule has 0 bridgehead atoms. The second-order valence-corrected chi connectivity index (χ2v) is 22.6. The molecular weight excluding hydrogens is 923 g/mol. The minimum atomic E-state index is -1.55. The van der Waals surface area contributed by atoms with Crippen molar-refractivity contribution in [2.45, 2.75) is 358 Å². The van der Waals surface area contributed by atoms with E-state index in [-0.39, 0.29) is 12.5 Å². The fourth-order valence-corrected chi connectivity index (χ4v) is 10.4. The van der Waals surface area contributed by atoms with Gasteiger partial charge in [-0.2, -0.15) is 0 Å². The molecule has 9 nitrogen and oxygen atoms in total. The fourth-order valence-electron chi connectivity index (χ4n) is 10.4. The Morgan fingerprint density at radius 3 is 1.18 bits per heavy atom. The molecule has 9 heteroatoms. The topological polar surface area (TPSA) is 149 Å². The van der Waals surface area contributed by atoms with Crippen LogP contribution in [0, 0.1) is 0 Å². The molecule has 74 heavy (non-hydrogen) atoms. The standard InChI is InChI=1S/C65H123NO8/c1-3-5-7-9-11-13-15-17-19-21-22-23-24-25-26-27-28-29-30-31-32-33-34-35-36-37-38-39-41-43-45-47-49-51-53-55-61(69)66-58(57-73-65-64(72)63(71)62(70)60(56-67)74-65)59(68)54-52-50-48-46-44-42-40-20-18-16-14-12-10-8-6-4-2/h15,17,21-22,24-25,58-60,62-65,67-68,70-72H,3-14,16,18-20,23,26-57H2,1-2H3,(H,66,69)/b17-15-,22-21-,25-24-. The minimum Gasteiger partial charge on any atom is -0.394 e. The first-order chi connectivity index (χ1) is 36.3. The first kappa shape index (κ1) is 70.4. The average Bonchev–Trinajstić information content (AvgIpc) is 3.40. The molecule has 1 saturated heterocycles. The van der Waals surface area contributed by atoms with Crippen LogP contribution in [-0.4, -0.2) is 87.5 Å². The predicted molar refractivity (Wildman–Crippen MR) is 313 cm³/mol. The highest BCUT2D eigenvalue weighted by Gasteiger charge is 2.44. The van der Waals surface area contributed by atoms with E-state index in [1.807, 2.05) is 0 Å². The smallest absolute Gasteiger partial charge is 0.220 e. The van der Waals surface area contributed by atoms with E-state index < -0.39 is 49.5 Å². The van der Waals surface area contributed by atoms with Crippen molar-refractivity contribution in [3.8, 4) is 0 Å². The molecule has 1 aliphatic rings. The number of aliphatic hydroxyl groups excluding tert-OH is 5. The lowest BCUT2D eigenvalue weighted by Crippen LogP contribution is -2.60. The van der Waals surface area contributed by atoms with E-state index in [0.29, 0.717) is 12.8 Å². The van der Waals surface area contributed by atoms with E-state index in [1.54, 1.807) is 0 Å². The number of allylic oxidation sites excluding steroid dienone is 6. The van der Waals surface area contributed by atoms with Gasteiger partial charge in [0.2, 0.25) is 5.91 Å². The molecule has 1 heterocycles. The van der Waals surface area contributed by atoms with Crippen LogP contribution >= 0.6 is 0 Å². The van der Waals surface area contributed by atoms with Gasteiger partial charge in [-0.15, -0.1) is 0 Å². The van der Waals surface area contributed by atoms with Crippen LogP contribution in [0.4, 0.5) is 0 Å². The zero-order valence-electron chi connectivity index (χ0n) is 48.6. The maximum Gasteiger partial charge on any atom is 0.220 e. The van der Waals surface area contributed by atoms with Crippen molar-refractivity contribution < 1.29 is 39.8 Å². The molecule has 1 aliphatic heterocycles. The third-order valence-electron chi connectivity index (χ3n) is 15.5. The molecule has 0 aromatic carbocycles. The summed E-state index contributed by atoms with van der Waals surface area (Å²) >= 11 is 0. The Labute approximate surface area is 457 Å². The summed E-state index contributed by atoms with van der Waals surface area (Å²) in [6, 6.07) is -0.717. The van der Waals surface area contributed by atoms with Gasteiger partial charge in [-0.1, -0.05) is 294 Å². The van der Waals surface area contributed by atoms with Gasteiger partial charge in [0.25, 0.3) is 0 Å². The van der Waals surface area contributed by atoms with Crippen molar-refractivity contribution in [1.29, 1.82) is 0 Å². The lowest BCUT2D eigenvalue weighted by Gasteiger charge is -2.40. The van der Waals surface area contributed by atoms with Crippen molar-refractivity contribution in [3.05, 3.63) is 36.5 Å². The maximum atomic E-state index is 13.1. The molecule has 436 valence electrons. The summed E-state index contributed by atoms with van der Waals surface area (Å²) in [6.07, 6.45) is 64.8. The van der Waals surface area contributed by atoms with Gasteiger partial charge in [-0.05, 0) is 51.4 Å². The fraction of sp³-hybridized carbons (Fsp3) is 0.892. The normalized spacial score (nSPS) is 19.1. The lowest BCUT2D eigenvalue weighted by molar-refractivity contribution is -0.302. The Morgan fingerprint density at radius 1 is 0.459 bits per heavy atom. The number of carbonyl (C=O) groups is 1. The van der Waals surface area contributed by atoms with Gasteiger partial charge in [-0.3, -0.25) is 4.79 Å². The molecule has 7 unspecified atom stereocenters. The van der Waals surface area contributed by atoms with E-state index in [0.717, 1.165) is 51.4 Å². The van der Waals surface area contributed by atoms with Crippen LogP contribution in [0.2, 0.25) is 0 Å². The number of ether oxygens (including phenoxy) is 2. The summed E-state index contributed by atoms with van der Waals surface area (Å²) < 4.78 is 11.3. The van der Waals surface area contributed by atoms with Crippen LogP contribution in [-0.2, 0) is 14.3 Å². The number of carbonyl (C=O) groups excluding carboxylic acids is 1. The molecule has 6 N–H and O–H groups in total. The number of hydrogen-bond donors (Lipinski definition) is 6. The second kappa shape index (κ2) is 54.8. The zero-order chi connectivity index (χ0) is 53.6. The molecule has 0 aliphatic carbocycles. The molecule has 0 aromatic rings. The van der Waals surface area contributed by atoms with Crippen LogP contribution in [0.25, 0.3) is 0 Å². The summed E-state index contributed by atoms with van der Waals surface area (Å²) in [5.41, 5.74) is 0. The van der Waals surface area contributed by atoms with Crippen molar-refractivity contribution in [3.63, 3.8) is 0 Å². The highest BCUT2D eigenvalue weighted by atomic mass is 16.7. The van der Waals surface area contributed by atoms with Gasteiger partial charge in [0.05, 0.1) is 25.4 Å². The summed E-state index contributed by atoms with van der Waals surface area (Å²) in [5.74, 6) is -0.139. The van der Waals surface area contributed by atoms with Crippen LogP contribution in [0.5, 0.6) is 0 Å². The van der Waals surface area contributed by atoms with Crippen LogP contribution in [0.3, 0.4) is 0 Å². The third-order valence-corrected chi connectivity index (χ3v) is 15.5. The molecule has 0 aromatic heterocycles. The SMILES string of the molecule is CCCCCCC/C=C\C/C=C\C/C=C\CCCCCCCCCCCCCCCCCCCCCCC(=O)NC(COC1OC(CO)C(O)C(O)C1O)C(O)CCCCCCCCCCCCCCCCCC. The van der Waals surface area contributed by atoms with Crippen LogP contribution in [0.15, 0.2) is 36.5 Å². The van der Waals surface area contributed by atoms with Gasteiger partial charge in [0.15, 0.2) is 6.29 Å². The van der Waals surface area contributed by atoms with Crippen molar-refractivity contribution in [2.24, 2.45) is 0 Å². The molecule has 1 fully saturated rings. The van der Waals surface area contributed by atoms with Gasteiger partial charge < -0.3 is 40.3 Å². The first-order valence-electron chi connectivity index (χ1n) is 32.2. The van der Waals surface area contributed by atoms with E-state index in [1.165, 1.54) is 238 Å². The largest absolute Gasteiger partial charge is 0.394 e. The van der Waals surface area contributed by atoms with E-state index in [4.69, 9.17) is 9.47 Å². The molecule has 1 amide bonds. The Bertz CT molecular complexity index is 1260. The number of unbranched alkanes of at least 4 members (excludes halogenated alkanes) is 40. The monoisotopic (exact) mass is 1050 g/mol. The van der Waals surface area contributed by atoms with Gasteiger partial charge >= 0.3 is 0 Å². The summed E-state index contributed by atoms with van der Waals surface area (Å²) in [7, 11) is 0. The Kier molecular flexibility index (Phi) is 52.1. The number of hydrogen-bond acceptors (Lipinski definition) is 8. The quantitative estimate of drug-likeness (QED) is 0.0261. The van der Waals surface area contributed by atoms with E-state index in [9.17, 15) is 30.3 Å². The van der Waals surface area contributed by atoms with Crippen LogP contribution in [0.1, 0.15) is 316 Å². The maximum absolute atomic E-state index is 13.1. The highest BCUT2D eigenvalue weighted by Crippen LogP contribution is 2.23.